The molecule has 0 heterocycles. The lowest BCUT2D eigenvalue weighted by Gasteiger charge is -2.28. The highest BCUT2D eigenvalue weighted by Crippen LogP contribution is 2.50. The smallest absolute Gasteiger partial charge is 0.311 e. The van der Waals surface area contributed by atoms with Gasteiger partial charge >= 0.3 is 11.9 Å². The highest BCUT2D eigenvalue weighted by Gasteiger charge is 2.51. The second kappa shape index (κ2) is 7.25. The van der Waals surface area contributed by atoms with E-state index < -0.39 is 0 Å². The molecule has 0 aliphatic heterocycles. The summed E-state index contributed by atoms with van der Waals surface area (Å²) in [5, 5.41) is 0. The lowest BCUT2D eigenvalue weighted by atomic mass is 9.86. The van der Waals surface area contributed by atoms with Crippen LogP contribution in [0.1, 0.15) is 46.5 Å². The van der Waals surface area contributed by atoms with Crippen LogP contribution >= 0.6 is 0 Å². The van der Waals surface area contributed by atoms with E-state index in [-0.39, 0.29) is 42.6 Å². The van der Waals surface area contributed by atoms with Gasteiger partial charge in [0.2, 0.25) is 0 Å². The second-order valence-corrected chi connectivity index (χ2v) is 6.20. The summed E-state index contributed by atoms with van der Waals surface area (Å²) in [5.74, 6) is 0.0367. The molecule has 120 valence electrons. The highest BCUT2D eigenvalue weighted by atomic mass is 16.7. The van der Waals surface area contributed by atoms with Crippen molar-refractivity contribution in [1.29, 1.82) is 0 Å². The minimum Gasteiger partial charge on any atom is -0.462 e. The topological polar surface area (TPSA) is 61.8 Å². The first kappa shape index (κ1) is 16.3. The Labute approximate surface area is 126 Å². The fourth-order valence-electron chi connectivity index (χ4n) is 3.41. The average molecular weight is 298 g/mol. The van der Waals surface area contributed by atoms with E-state index in [1.165, 1.54) is 0 Å². The zero-order valence-corrected chi connectivity index (χ0v) is 13.2. The van der Waals surface area contributed by atoms with Gasteiger partial charge in [-0.3, -0.25) is 9.59 Å². The van der Waals surface area contributed by atoms with Crippen LogP contribution in [0.2, 0.25) is 0 Å². The van der Waals surface area contributed by atoms with Crippen LogP contribution in [-0.2, 0) is 23.8 Å². The van der Waals surface area contributed by atoms with Crippen LogP contribution in [0.4, 0.5) is 0 Å². The molecule has 0 aromatic rings. The fourth-order valence-corrected chi connectivity index (χ4v) is 3.41. The Kier molecular flexibility index (Phi) is 5.62. The number of esters is 2. The van der Waals surface area contributed by atoms with E-state index in [9.17, 15) is 9.59 Å². The van der Waals surface area contributed by atoms with Crippen molar-refractivity contribution in [3.63, 3.8) is 0 Å². The van der Waals surface area contributed by atoms with Gasteiger partial charge in [0.15, 0.2) is 6.79 Å². The number of carbonyl (C=O) groups excluding carboxylic acids is 2. The van der Waals surface area contributed by atoms with Gasteiger partial charge in [0.05, 0.1) is 11.8 Å². The quantitative estimate of drug-likeness (QED) is 0.410. The molecule has 0 N–H and O–H groups in total. The molecular weight excluding hydrogens is 272 g/mol. The van der Waals surface area contributed by atoms with Gasteiger partial charge in [0, 0.05) is 12.5 Å². The Morgan fingerprint density at radius 3 is 2.57 bits per heavy atom. The van der Waals surface area contributed by atoms with Gasteiger partial charge in [0.25, 0.3) is 0 Å². The zero-order chi connectivity index (χ0) is 15.4. The first-order chi connectivity index (χ1) is 10.1. The second-order valence-electron chi connectivity index (χ2n) is 6.20. The van der Waals surface area contributed by atoms with Crippen LogP contribution in [0.25, 0.3) is 0 Å². The van der Waals surface area contributed by atoms with Gasteiger partial charge < -0.3 is 14.2 Å². The van der Waals surface area contributed by atoms with E-state index in [1.54, 1.807) is 0 Å². The molecule has 5 unspecified atom stereocenters. The largest absolute Gasteiger partial charge is 0.462 e. The summed E-state index contributed by atoms with van der Waals surface area (Å²) in [7, 11) is 0. The molecule has 0 aromatic carbocycles. The standard InChI is InChI=1S/C16H26O5/c1-4-10(3)15(17)21-14-8-11-6-12(14)13(7-11)16(18)20-9-19-5-2/h10-14H,4-9H2,1-3H3. The Morgan fingerprint density at radius 1 is 1.19 bits per heavy atom. The number of hydrogen-bond donors (Lipinski definition) is 0. The summed E-state index contributed by atoms with van der Waals surface area (Å²) in [5.41, 5.74) is 0. The molecule has 0 saturated heterocycles. The van der Waals surface area contributed by atoms with Gasteiger partial charge in [-0.05, 0) is 38.5 Å². The van der Waals surface area contributed by atoms with Crippen LogP contribution in [0.15, 0.2) is 0 Å². The van der Waals surface area contributed by atoms with Crippen molar-refractivity contribution in [3.8, 4) is 0 Å². The fraction of sp³-hybridized carbons (Fsp3) is 0.875. The van der Waals surface area contributed by atoms with Crippen LogP contribution in [0.5, 0.6) is 0 Å². The Hall–Kier alpha value is -1.10. The molecule has 5 atom stereocenters. The molecule has 2 aliphatic carbocycles. The molecule has 5 heteroatoms. The van der Waals surface area contributed by atoms with Crippen molar-refractivity contribution < 1.29 is 23.8 Å². The van der Waals surface area contributed by atoms with Crippen molar-refractivity contribution in [2.24, 2.45) is 23.7 Å². The molecule has 2 aliphatic rings. The molecule has 0 spiro atoms. The number of fused-ring (bicyclic) bond motifs is 2. The van der Waals surface area contributed by atoms with Crippen LogP contribution in [-0.4, -0.2) is 31.4 Å². The summed E-state index contributed by atoms with van der Waals surface area (Å²) in [6.07, 6.45) is 3.37. The van der Waals surface area contributed by atoms with E-state index in [4.69, 9.17) is 14.2 Å². The third kappa shape index (κ3) is 3.76. The average Bonchev–Trinajstić information content (AvgIpc) is 3.06. The van der Waals surface area contributed by atoms with E-state index in [1.807, 2.05) is 20.8 Å². The van der Waals surface area contributed by atoms with Gasteiger partial charge in [-0.2, -0.15) is 0 Å². The molecule has 21 heavy (non-hydrogen) atoms. The summed E-state index contributed by atoms with van der Waals surface area (Å²) in [6.45, 7) is 6.25. The first-order valence-electron chi connectivity index (χ1n) is 8.01. The molecule has 0 radical (unpaired) electrons. The van der Waals surface area contributed by atoms with Crippen LogP contribution in [0.3, 0.4) is 0 Å². The molecule has 2 fully saturated rings. The van der Waals surface area contributed by atoms with Crippen LogP contribution in [0, 0.1) is 23.7 Å². The predicted octanol–water partition coefficient (Wildman–Crippen LogP) is 2.53. The van der Waals surface area contributed by atoms with Crippen molar-refractivity contribution in [2.45, 2.75) is 52.6 Å². The maximum Gasteiger partial charge on any atom is 0.311 e. The maximum absolute atomic E-state index is 12.1. The summed E-state index contributed by atoms with van der Waals surface area (Å²) in [6, 6.07) is 0. The SMILES string of the molecule is CCOCOC(=O)C1CC2CC(OC(=O)C(C)CC)C1C2. The summed E-state index contributed by atoms with van der Waals surface area (Å²) in [4.78, 5) is 24.0. The monoisotopic (exact) mass is 298 g/mol. The number of hydrogen-bond acceptors (Lipinski definition) is 5. The van der Waals surface area contributed by atoms with Crippen LogP contribution < -0.4 is 0 Å². The minimum atomic E-state index is -0.208. The lowest BCUT2D eigenvalue weighted by molar-refractivity contribution is -0.169. The van der Waals surface area contributed by atoms with Gasteiger partial charge in [-0.25, -0.2) is 0 Å². The zero-order valence-electron chi connectivity index (χ0n) is 13.2. The van der Waals surface area contributed by atoms with E-state index in [2.05, 4.69) is 0 Å². The van der Waals surface area contributed by atoms with Gasteiger partial charge in [0.1, 0.15) is 6.10 Å². The first-order valence-corrected chi connectivity index (χ1v) is 8.01. The van der Waals surface area contributed by atoms with E-state index in [0.717, 1.165) is 25.7 Å². The molecule has 2 bridgehead atoms. The Bertz CT molecular complexity index is 381. The number of rotatable bonds is 7. The van der Waals surface area contributed by atoms with Gasteiger partial charge in [-0.15, -0.1) is 0 Å². The third-order valence-electron chi connectivity index (χ3n) is 4.83. The highest BCUT2D eigenvalue weighted by molar-refractivity contribution is 5.74. The van der Waals surface area contributed by atoms with Gasteiger partial charge in [-0.1, -0.05) is 13.8 Å². The number of ether oxygens (including phenoxy) is 3. The van der Waals surface area contributed by atoms with E-state index >= 15 is 0 Å². The molecular formula is C16H26O5. The summed E-state index contributed by atoms with van der Waals surface area (Å²) >= 11 is 0. The normalized spacial score (nSPS) is 32.0. The number of carbonyl (C=O) groups is 2. The summed E-state index contributed by atoms with van der Waals surface area (Å²) < 4.78 is 15.8. The maximum atomic E-state index is 12.1. The molecule has 0 amide bonds. The predicted molar refractivity (Wildman–Crippen MR) is 76.2 cm³/mol. The molecule has 2 saturated carbocycles. The third-order valence-corrected chi connectivity index (χ3v) is 4.83. The molecule has 0 aromatic heterocycles. The van der Waals surface area contributed by atoms with Crippen molar-refractivity contribution in [3.05, 3.63) is 0 Å². The minimum absolute atomic E-state index is 0.0144. The van der Waals surface area contributed by atoms with Crippen molar-refractivity contribution in [1.82, 2.24) is 0 Å². The molecule has 2 rings (SSSR count). The molecule has 5 nitrogen and oxygen atoms in total. The van der Waals surface area contributed by atoms with Crippen molar-refractivity contribution >= 4 is 11.9 Å². The Balaban J connectivity index is 1.87. The Morgan fingerprint density at radius 2 is 1.95 bits per heavy atom. The van der Waals surface area contributed by atoms with E-state index in [0.29, 0.717) is 12.5 Å². The lowest BCUT2D eigenvalue weighted by Crippen LogP contribution is -2.35. The van der Waals surface area contributed by atoms with Crippen molar-refractivity contribution in [2.75, 3.05) is 13.4 Å².